The molecule has 0 aliphatic rings. The molecular weight excluding hydrogens is 220 g/mol. The van der Waals surface area contributed by atoms with Crippen LogP contribution in [0, 0.1) is 0 Å². The van der Waals surface area contributed by atoms with Crippen molar-refractivity contribution in [1.82, 2.24) is 15.5 Å². The van der Waals surface area contributed by atoms with Gasteiger partial charge in [0.15, 0.2) is 5.82 Å². The molecule has 6 heteroatoms. The normalized spacial score (nSPS) is 10.1. The highest BCUT2D eigenvalue weighted by Gasteiger charge is 2.06. The maximum atomic E-state index is 11.6. The fraction of sp³-hybridized carbons (Fsp3) is 0.182. The van der Waals surface area contributed by atoms with Crippen molar-refractivity contribution in [3.63, 3.8) is 0 Å². The molecule has 1 heterocycles. The lowest BCUT2D eigenvalue weighted by molar-refractivity contribution is -0.120. The van der Waals surface area contributed by atoms with Crippen molar-refractivity contribution in [2.75, 3.05) is 5.73 Å². The van der Waals surface area contributed by atoms with Gasteiger partial charge in [0.05, 0.1) is 13.0 Å². The molecule has 0 fully saturated rings. The Bertz CT molecular complexity index is 496. The monoisotopic (exact) mass is 232 g/mol. The lowest BCUT2D eigenvalue weighted by Crippen LogP contribution is -2.25. The Balaban J connectivity index is 1.87. The van der Waals surface area contributed by atoms with E-state index in [1.165, 1.54) is 6.39 Å². The van der Waals surface area contributed by atoms with E-state index in [-0.39, 0.29) is 18.9 Å². The minimum atomic E-state index is -0.132. The van der Waals surface area contributed by atoms with Gasteiger partial charge in [0, 0.05) is 5.69 Å². The third kappa shape index (κ3) is 3.04. The van der Waals surface area contributed by atoms with Gasteiger partial charge in [-0.05, 0) is 11.6 Å². The molecule has 1 aromatic carbocycles. The zero-order valence-corrected chi connectivity index (χ0v) is 9.09. The summed E-state index contributed by atoms with van der Waals surface area (Å²) in [6.07, 6.45) is 1.46. The SMILES string of the molecule is Nc1ccccc1CC(=O)NCc1ncon1. The first kappa shape index (κ1) is 11.1. The summed E-state index contributed by atoms with van der Waals surface area (Å²) in [6.45, 7) is 0.252. The van der Waals surface area contributed by atoms with Crippen molar-refractivity contribution in [1.29, 1.82) is 0 Å². The van der Waals surface area contributed by atoms with Crippen LogP contribution in [0.5, 0.6) is 0 Å². The zero-order valence-electron chi connectivity index (χ0n) is 9.09. The van der Waals surface area contributed by atoms with Gasteiger partial charge < -0.3 is 15.6 Å². The van der Waals surface area contributed by atoms with Crippen LogP contribution in [0.3, 0.4) is 0 Å². The molecule has 6 nitrogen and oxygen atoms in total. The number of nitrogens with two attached hydrogens (primary N) is 1. The van der Waals surface area contributed by atoms with Gasteiger partial charge in [0.2, 0.25) is 12.3 Å². The van der Waals surface area contributed by atoms with E-state index in [9.17, 15) is 4.79 Å². The maximum Gasteiger partial charge on any atom is 0.224 e. The summed E-state index contributed by atoms with van der Waals surface area (Å²) in [7, 11) is 0. The first-order chi connectivity index (χ1) is 8.25. The number of carbonyl (C=O) groups is 1. The van der Waals surface area contributed by atoms with Crippen molar-refractivity contribution in [2.24, 2.45) is 0 Å². The molecule has 1 aromatic heterocycles. The topological polar surface area (TPSA) is 94.0 Å². The predicted octanol–water partition coefficient (Wildman–Crippen LogP) is 0.511. The van der Waals surface area contributed by atoms with E-state index in [0.717, 1.165) is 5.56 Å². The van der Waals surface area contributed by atoms with Gasteiger partial charge in [-0.3, -0.25) is 4.79 Å². The lowest BCUT2D eigenvalue weighted by Gasteiger charge is -2.05. The molecule has 0 unspecified atom stereocenters. The summed E-state index contributed by atoms with van der Waals surface area (Å²) in [4.78, 5) is 15.4. The van der Waals surface area contributed by atoms with Crippen LogP contribution in [0.15, 0.2) is 35.2 Å². The fourth-order valence-electron chi connectivity index (χ4n) is 1.38. The molecule has 0 aliphatic heterocycles. The van der Waals surface area contributed by atoms with Gasteiger partial charge in [0.1, 0.15) is 0 Å². The van der Waals surface area contributed by atoms with Crippen LogP contribution in [0.2, 0.25) is 0 Å². The number of para-hydroxylation sites is 1. The fourth-order valence-corrected chi connectivity index (χ4v) is 1.38. The third-order valence-electron chi connectivity index (χ3n) is 2.26. The van der Waals surface area contributed by atoms with E-state index in [1.807, 2.05) is 18.2 Å². The highest BCUT2D eigenvalue weighted by Crippen LogP contribution is 2.10. The molecule has 0 spiro atoms. The van der Waals surface area contributed by atoms with Gasteiger partial charge in [-0.2, -0.15) is 4.98 Å². The number of carbonyl (C=O) groups excluding carboxylic acids is 1. The Kier molecular flexibility index (Phi) is 3.34. The average Bonchev–Trinajstić information content (AvgIpc) is 2.82. The second kappa shape index (κ2) is 5.11. The first-order valence-electron chi connectivity index (χ1n) is 5.11. The lowest BCUT2D eigenvalue weighted by atomic mass is 10.1. The standard InChI is InChI=1S/C11H12N4O2/c12-9-4-2-1-3-8(9)5-11(16)13-6-10-14-7-17-15-10/h1-4,7H,5-6,12H2,(H,13,16). The number of rotatable bonds is 4. The van der Waals surface area contributed by atoms with Crippen molar-refractivity contribution in [3.8, 4) is 0 Å². The highest BCUT2D eigenvalue weighted by molar-refractivity contribution is 5.80. The summed E-state index contributed by atoms with van der Waals surface area (Å²) in [5.74, 6) is 0.312. The van der Waals surface area contributed by atoms with Crippen LogP contribution < -0.4 is 11.1 Å². The third-order valence-corrected chi connectivity index (χ3v) is 2.26. The second-order valence-electron chi connectivity index (χ2n) is 3.50. The molecule has 0 bridgehead atoms. The van der Waals surface area contributed by atoms with Crippen LogP contribution in [0.1, 0.15) is 11.4 Å². The summed E-state index contributed by atoms with van der Waals surface area (Å²) in [5, 5.41) is 6.27. The largest absolute Gasteiger partial charge is 0.398 e. The van der Waals surface area contributed by atoms with E-state index in [4.69, 9.17) is 5.73 Å². The summed E-state index contributed by atoms with van der Waals surface area (Å²) < 4.78 is 4.55. The van der Waals surface area contributed by atoms with Gasteiger partial charge in [-0.25, -0.2) is 0 Å². The second-order valence-corrected chi connectivity index (χ2v) is 3.50. The molecule has 88 valence electrons. The summed E-state index contributed by atoms with van der Waals surface area (Å²) >= 11 is 0. The maximum absolute atomic E-state index is 11.6. The Morgan fingerprint density at radius 3 is 2.94 bits per heavy atom. The molecule has 17 heavy (non-hydrogen) atoms. The molecule has 0 saturated heterocycles. The molecule has 3 N–H and O–H groups in total. The molecule has 0 aliphatic carbocycles. The van der Waals surface area contributed by atoms with Crippen molar-refractivity contribution in [3.05, 3.63) is 42.0 Å². The smallest absolute Gasteiger partial charge is 0.224 e. The van der Waals surface area contributed by atoms with Gasteiger partial charge in [0.25, 0.3) is 0 Å². The summed E-state index contributed by atoms with van der Waals surface area (Å²) in [5.41, 5.74) is 7.16. The number of anilines is 1. The molecule has 1 amide bonds. The first-order valence-corrected chi connectivity index (χ1v) is 5.11. The Morgan fingerprint density at radius 2 is 2.24 bits per heavy atom. The average molecular weight is 232 g/mol. The number of hydrogen-bond donors (Lipinski definition) is 2. The van der Waals surface area contributed by atoms with E-state index < -0.39 is 0 Å². The molecule has 2 rings (SSSR count). The van der Waals surface area contributed by atoms with E-state index >= 15 is 0 Å². The van der Waals surface area contributed by atoms with Crippen LogP contribution in [0.25, 0.3) is 0 Å². The number of nitrogens with zero attached hydrogens (tertiary/aromatic N) is 2. The molecule has 0 radical (unpaired) electrons. The molecule has 0 atom stereocenters. The van der Waals surface area contributed by atoms with E-state index in [2.05, 4.69) is 20.0 Å². The Morgan fingerprint density at radius 1 is 1.41 bits per heavy atom. The minimum Gasteiger partial charge on any atom is -0.398 e. The van der Waals surface area contributed by atoms with E-state index in [0.29, 0.717) is 11.5 Å². The highest BCUT2D eigenvalue weighted by atomic mass is 16.5. The minimum absolute atomic E-state index is 0.132. The Labute approximate surface area is 97.8 Å². The predicted molar refractivity (Wildman–Crippen MR) is 60.7 cm³/mol. The van der Waals surface area contributed by atoms with E-state index in [1.54, 1.807) is 6.07 Å². The number of benzene rings is 1. The number of hydrogen-bond acceptors (Lipinski definition) is 5. The number of aromatic nitrogens is 2. The summed E-state index contributed by atoms with van der Waals surface area (Å²) in [6, 6.07) is 7.26. The van der Waals surface area contributed by atoms with Crippen LogP contribution >= 0.6 is 0 Å². The molecule has 2 aromatic rings. The molecule has 0 saturated carbocycles. The van der Waals surface area contributed by atoms with Crippen molar-refractivity contribution >= 4 is 11.6 Å². The van der Waals surface area contributed by atoms with Crippen LogP contribution in [-0.4, -0.2) is 16.0 Å². The van der Waals surface area contributed by atoms with Gasteiger partial charge in [-0.15, -0.1) is 0 Å². The van der Waals surface area contributed by atoms with Gasteiger partial charge >= 0.3 is 0 Å². The van der Waals surface area contributed by atoms with Crippen molar-refractivity contribution in [2.45, 2.75) is 13.0 Å². The quantitative estimate of drug-likeness (QED) is 0.749. The Hall–Kier alpha value is -2.37. The zero-order chi connectivity index (χ0) is 12.1. The molecular formula is C11H12N4O2. The van der Waals surface area contributed by atoms with Crippen LogP contribution in [0.4, 0.5) is 5.69 Å². The van der Waals surface area contributed by atoms with Crippen molar-refractivity contribution < 1.29 is 9.32 Å². The van der Waals surface area contributed by atoms with Crippen LogP contribution in [-0.2, 0) is 17.8 Å². The number of nitrogens with one attached hydrogen (secondary N) is 1. The number of nitrogen functional groups attached to an aromatic ring is 1. The van der Waals surface area contributed by atoms with Gasteiger partial charge in [-0.1, -0.05) is 23.4 Å². The number of amides is 1.